The Labute approximate surface area is 421 Å². The summed E-state index contributed by atoms with van der Waals surface area (Å²) in [5.74, 6) is -0.0971. The van der Waals surface area contributed by atoms with Crippen LogP contribution in [0.4, 0.5) is 0 Å². The smallest absolute Gasteiger partial charge is 0.220 e. The molecule has 0 fully saturated rings. The zero-order chi connectivity index (χ0) is 49.2. The summed E-state index contributed by atoms with van der Waals surface area (Å²) in [5, 5.41) is 23.1. The van der Waals surface area contributed by atoms with E-state index in [1.807, 2.05) is 6.08 Å². The molecule has 3 N–H and O–H groups in total. The van der Waals surface area contributed by atoms with Crippen molar-refractivity contribution in [2.45, 2.75) is 257 Å². The topological polar surface area (TPSA) is 69.6 Å². The van der Waals surface area contributed by atoms with E-state index in [0.717, 1.165) is 103 Å². The molecule has 0 aliphatic heterocycles. The molecule has 4 heteroatoms. The maximum absolute atomic E-state index is 12.5. The van der Waals surface area contributed by atoms with Crippen molar-refractivity contribution in [3.63, 3.8) is 0 Å². The molecule has 0 heterocycles. The molecule has 0 aliphatic carbocycles. The van der Waals surface area contributed by atoms with Gasteiger partial charge in [-0.15, -0.1) is 0 Å². The highest BCUT2D eigenvalue weighted by Gasteiger charge is 2.17. The minimum absolute atomic E-state index is 0.0971. The van der Waals surface area contributed by atoms with Crippen molar-refractivity contribution in [2.75, 3.05) is 6.61 Å². The van der Waals surface area contributed by atoms with Gasteiger partial charge in [-0.25, -0.2) is 0 Å². The van der Waals surface area contributed by atoms with E-state index < -0.39 is 12.1 Å². The van der Waals surface area contributed by atoms with Crippen molar-refractivity contribution in [1.82, 2.24) is 5.32 Å². The Balaban J connectivity index is 3.69. The highest BCUT2D eigenvalue weighted by atomic mass is 16.3. The van der Waals surface area contributed by atoms with Gasteiger partial charge in [0.25, 0.3) is 0 Å². The minimum atomic E-state index is -0.882. The van der Waals surface area contributed by atoms with Gasteiger partial charge in [0.2, 0.25) is 5.91 Å². The number of carbonyl (C=O) groups is 1. The molecule has 4 nitrogen and oxygen atoms in total. The van der Waals surface area contributed by atoms with Crippen LogP contribution in [-0.2, 0) is 4.79 Å². The van der Waals surface area contributed by atoms with Gasteiger partial charge in [0.15, 0.2) is 0 Å². The van der Waals surface area contributed by atoms with E-state index in [-0.39, 0.29) is 12.5 Å². The third-order valence-electron chi connectivity index (χ3n) is 12.1. The maximum Gasteiger partial charge on any atom is 0.220 e. The number of hydrogen-bond donors (Lipinski definition) is 3. The van der Waals surface area contributed by atoms with Crippen molar-refractivity contribution in [3.8, 4) is 0 Å². The SMILES string of the molecule is CC/C=C\C/C=C\C/C=C\C/C=C\C/C=C\C/C=C\C/C=C\C/C=C\C/C=C\CCCCCCCC(=O)NC(CO)C(O)/C=C/CC/C=C/CCCCCCCCCCCCCCCCCCC. The predicted octanol–water partition coefficient (Wildman–Crippen LogP) is 19.0. The van der Waals surface area contributed by atoms with Crippen LogP contribution in [0.1, 0.15) is 245 Å². The zero-order valence-electron chi connectivity index (χ0n) is 44.3. The first-order chi connectivity index (χ1) is 33.7. The molecule has 0 radical (unpaired) electrons. The fourth-order valence-corrected chi connectivity index (χ4v) is 7.83. The quantitative estimate of drug-likeness (QED) is 0.0420. The normalized spacial score (nSPS) is 13.9. The number of hydrogen-bond acceptors (Lipinski definition) is 3. The molecule has 386 valence electrons. The van der Waals surface area contributed by atoms with Crippen molar-refractivity contribution in [2.24, 2.45) is 0 Å². The summed E-state index contributed by atoms with van der Waals surface area (Å²) < 4.78 is 0. The van der Waals surface area contributed by atoms with E-state index in [4.69, 9.17) is 0 Å². The third kappa shape index (κ3) is 53.5. The minimum Gasteiger partial charge on any atom is -0.394 e. The zero-order valence-corrected chi connectivity index (χ0v) is 44.3. The Kier molecular flexibility index (Phi) is 54.9. The van der Waals surface area contributed by atoms with Crippen molar-refractivity contribution >= 4 is 5.91 Å². The predicted molar refractivity (Wildman–Crippen MR) is 303 cm³/mol. The largest absolute Gasteiger partial charge is 0.394 e. The van der Waals surface area contributed by atoms with Crippen LogP contribution in [0.5, 0.6) is 0 Å². The van der Waals surface area contributed by atoms with E-state index in [1.54, 1.807) is 6.08 Å². The summed E-state index contributed by atoms with van der Waals surface area (Å²) in [6.07, 6.45) is 90.3. The van der Waals surface area contributed by atoms with Crippen LogP contribution in [0.25, 0.3) is 0 Å². The fourth-order valence-electron chi connectivity index (χ4n) is 7.83. The Morgan fingerprint density at radius 3 is 1.03 bits per heavy atom. The van der Waals surface area contributed by atoms with Crippen molar-refractivity contribution in [3.05, 3.63) is 134 Å². The molecular weight excluding hydrogens is 831 g/mol. The molecule has 68 heavy (non-hydrogen) atoms. The number of allylic oxidation sites excluding steroid dienone is 21. The lowest BCUT2D eigenvalue weighted by molar-refractivity contribution is -0.123. The van der Waals surface area contributed by atoms with Crippen LogP contribution >= 0.6 is 0 Å². The fraction of sp³-hybridized carbons (Fsp3) is 0.641. The first-order valence-corrected chi connectivity index (χ1v) is 28.4. The highest BCUT2D eigenvalue weighted by Crippen LogP contribution is 2.15. The molecular formula is C64H107NO3. The Bertz CT molecular complexity index is 1390. The number of aliphatic hydroxyl groups excluding tert-OH is 2. The summed E-state index contributed by atoms with van der Waals surface area (Å²) >= 11 is 0. The van der Waals surface area contributed by atoms with Gasteiger partial charge in [-0.05, 0) is 103 Å². The average molecular weight is 939 g/mol. The average Bonchev–Trinajstić information content (AvgIpc) is 3.34. The van der Waals surface area contributed by atoms with E-state index in [0.29, 0.717) is 6.42 Å². The second-order valence-electron chi connectivity index (χ2n) is 18.6. The van der Waals surface area contributed by atoms with Crippen molar-refractivity contribution in [1.29, 1.82) is 0 Å². The second kappa shape index (κ2) is 57.8. The van der Waals surface area contributed by atoms with Crippen LogP contribution in [-0.4, -0.2) is 34.9 Å². The maximum atomic E-state index is 12.5. The molecule has 1 amide bonds. The lowest BCUT2D eigenvalue weighted by Gasteiger charge is -2.19. The molecule has 0 rings (SSSR count). The molecule has 2 atom stereocenters. The number of rotatable bonds is 50. The van der Waals surface area contributed by atoms with Gasteiger partial charge in [-0.1, -0.05) is 270 Å². The number of aliphatic hydroxyl groups is 2. The summed E-state index contributed by atoms with van der Waals surface area (Å²) in [7, 11) is 0. The molecule has 0 bridgehead atoms. The molecule has 0 saturated heterocycles. The van der Waals surface area contributed by atoms with Crippen LogP contribution in [0.15, 0.2) is 134 Å². The molecule has 0 saturated carbocycles. The number of amides is 1. The van der Waals surface area contributed by atoms with Crippen LogP contribution < -0.4 is 5.32 Å². The molecule has 0 aromatic heterocycles. The van der Waals surface area contributed by atoms with Gasteiger partial charge in [-0.2, -0.15) is 0 Å². The van der Waals surface area contributed by atoms with E-state index in [9.17, 15) is 15.0 Å². The highest BCUT2D eigenvalue weighted by molar-refractivity contribution is 5.76. The van der Waals surface area contributed by atoms with Gasteiger partial charge in [-0.3, -0.25) is 4.79 Å². The van der Waals surface area contributed by atoms with Gasteiger partial charge >= 0.3 is 0 Å². The van der Waals surface area contributed by atoms with Crippen LogP contribution in [0.2, 0.25) is 0 Å². The summed E-state index contributed by atoms with van der Waals surface area (Å²) in [6, 6.07) is -0.661. The van der Waals surface area contributed by atoms with E-state index >= 15 is 0 Å². The van der Waals surface area contributed by atoms with Gasteiger partial charge < -0.3 is 15.5 Å². The van der Waals surface area contributed by atoms with Gasteiger partial charge in [0, 0.05) is 6.42 Å². The number of carbonyl (C=O) groups excluding carboxylic acids is 1. The molecule has 0 aromatic carbocycles. The Morgan fingerprint density at radius 2 is 0.662 bits per heavy atom. The summed E-state index contributed by atoms with van der Waals surface area (Å²) in [5.41, 5.74) is 0. The number of nitrogens with one attached hydrogen (secondary N) is 1. The molecule has 2 unspecified atom stereocenters. The standard InChI is InChI=1S/C64H107NO3/c1-3-5-7-9-11-13-15-17-19-21-23-25-27-28-29-30-31-32-33-34-35-36-38-40-42-44-46-48-50-52-54-56-58-60-64(68)65-62(61-66)63(67)59-57-55-53-51-49-47-45-43-41-39-37-26-24-22-20-18-16-14-12-10-8-6-4-2/h5,7,11,13,17,19,23,25,28-29,31-32,34-35,38,40,44,46,49,51,57,59,62-63,66-67H,3-4,6,8-10,12,14-16,18,20-22,24,26-27,30,33,36-37,39,41-43,45,47-48,50,52-56,58,60-61H2,1-2H3,(H,65,68)/b7-5-,13-11-,19-17-,25-23-,29-28-,32-31-,35-34-,40-38-,46-44-,51-49+,59-57+. The van der Waals surface area contributed by atoms with E-state index in [2.05, 4.69) is 141 Å². The first kappa shape index (κ1) is 64.5. The molecule has 0 spiro atoms. The molecule has 0 aliphatic rings. The first-order valence-electron chi connectivity index (χ1n) is 28.4. The Hall–Kier alpha value is -3.47. The van der Waals surface area contributed by atoms with Crippen molar-refractivity contribution < 1.29 is 15.0 Å². The summed E-state index contributed by atoms with van der Waals surface area (Å²) in [4.78, 5) is 12.5. The van der Waals surface area contributed by atoms with Crippen LogP contribution in [0, 0.1) is 0 Å². The van der Waals surface area contributed by atoms with Gasteiger partial charge in [0.1, 0.15) is 0 Å². The number of unbranched alkanes of at least 4 members (excludes halogenated alkanes) is 23. The summed E-state index contributed by atoms with van der Waals surface area (Å²) in [6.45, 7) is 4.18. The Morgan fingerprint density at radius 1 is 0.368 bits per heavy atom. The van der Waals surface area contributed by atoms with E-state index in [1.165, 1.54) is 122 Å². The third-order valence-corrected chi connectivity index (χ3v) is 12.1. The second-order valence-corrected chi connectivity index (χ2v) is 18.6. The van der Waals surface area contributed by atoms with Gasteiger partial charge in [0.05, 0.1) is 18.8 Å². The van der Waals surface area contributed by atoms with Crippen LogP contribution in [0.3, 0.4) is 0 Å². The monoisotopic (exact) mass is 938 g/mol. The molecule has 0 aromatic rings. The lowest BCUT2D eigenvalue weighted by Crippen LogP contribution is -2.45. The lowest BCUT2D eigenvalue weighted by atomic mass is 10.0.